The van der Waals surface area contributed by atoms with Crippen LogP contribution in [-0.2, 0) is 4.79 Å². The summed E-state index contributed by atoms with van der Waals surface area (Å²) < 4.78 is 11.2. The Hall–Kier alpha value is -3.22. The van der Waals surface area contributed by atoms with E-state index in [0.29, 0.717) is 24.7 Å². The molecule has 1 unspecified atom stereocenters. The average Bonchev–Trinajstić information content (AvgIpc) is 2.72. The summed E-state index contributed by atoms with van der Waals surface area (Å²) in [7, 11) is 0. The molecule has 0 saturated carbocycles. The van der Waals surface area contributed by atoms with Crippen LogP contribution >= 0.6 is 0 Å². The summed E-state index contributed by atoms with van der Waals surface area (Å²) in [6.07, 6.45) is 0. The molecule has 1 atom stereocenters. The first-order valence-electron chi connectivity index (χ1n) is 10.6. The second-order valence-corrected chi connectivity index (χ2v) is 8.27. The van der Waals surface area contributed by atoms with Crippen LogP contribution in [0.5, 0.6) is 11.5 Å². The molecule has 7 nitrogen and oxygen atoms in total. The molecular formula is C24H31N3O4. The SMILES string of the molecule is Cc1cc(C)c(NC(=O)CNC(=O)NC(c2ccc3c(c2)OCCO3)C(C)C)c(C)c1. The van der Waals surface area contributed by atoms with Gasteiger partial charge >= 0.3 is 6.03 Å². The molecule has 3 amide bonds. The van der Waals surface area contributed by atoms with E-state index in [9.17, 15) is 9.59 Å². The highest BCUT2D eigenvalue weighted by atomic mass is 16.6. The molecule has 2 aromatic carbocycles. The summed E-state index contributed by atoms with van der Waals surface area (Å²) in [5.41, 5.74) is 4.84. The Balaban J connectivity index is 1.59. The molecule has 0 fully saturated rings. The first-order chi connectivity index (χ1) is 14.7. The van der Waals surface area contributed by atoms with Crippen molar-refractivity contribution in [3.63, 3.8) is 0 Å². The summed E-state index contributed by atoms with van der Waals surface area (Å²) in [5, 5.41) is 8.51. The van der Waals surface area contributed by atoms with Crippen molar-refractivity contribution in [3.8, 4) is 11.5 Å². The van der Waals surface area contributed by atoms with Crippen LogP contribution in [0.4, 0.5) is 10.5 Å². The number of benzene rings is 2. The number of urea groups is 1. The van der Waals surface area contributed by atoms with Gasteiger partial charge in [0.2, 0.25) is 5.91 Å². The van der Waals surface area contributed by atoms with E-state index in [1.165, 1.54) is 0 Å². The van der Waals surface area contributed by atoms with Crippen molar-refractivity contribution in [2.24, 2.45) is 5.92 Å². The van der Waals surface area contributed by atoms with Gasteiger partial charge in [0.1, 0.15) is 13.2 Å². The Morgan fingerprint density at radius 3 is 2.26 bits per heavy atom. The van der Waals surface area contributed by atoms with Crippen LogP contribution in [-0.4, -0.2) is 31.7 Å². The highest BCUT2D eigenvalue weighted by Gasteiger charge is 2.22. The van der Waals surface area contributed by atoms with Crippen molar-refractivity contribution >= 4 is 17.6 Å². The number of aryl methyl sites for hydroxylation is 3. The fraction of sp³-hybridized carbons (Fsp3) is 0.417. The minimum atomic E-state index is -0.402. The lowest BCUT2D eigenvalue weighted by molar-refractivity contribution is -0.115. The number of nitrogens with one attached hydrogen (secondary N) is 3. The van der Waals surface area contributed by atoms with Crippen LogP contribution in [0.2, 0.25) is 0 Å². The Bertz CT molecular complexity index is 948. The normalized spacial score (nSPS) is 13.5. The maximum absolute atomic E-state index is 12.5. The summed E-state index contributed by atoms with van der Waals surface area (Å²) in [6.45, 7) is 10.9. The number of fused-ring (bicyclic) bond motifs is 1. The lowest BCUT2D eigenvalue weighted by Crippen LogP contribution is -2.42. The van der Waals surface area contributed by atoms with Gasteiger partial charge in [0.15, 0.2) is 11.5 Å². The molecule has 1 aliphatic rings. The lowest BCUT2D eigenvalue weighted by Gasteiger charge is -2.25. The Morgan fingerprint density at radius 1 is 0.968 bits per heavy atom. The van der Waals surface area contributed by atoms with E-state index in [4.69, 9.17) is 9.47 Å². The zero-order valence-electron chi connectivity index (χ0n) is 18.8. The summed E-state index contributed by atoms with van der Waals surface area (Å²) in [6, 6.07) is 9.08. The first kappa shape index (κ1) is 22.5. The molecule has 0 spiro atoms. The molecular weight excluding hydrogens is 394 g/mol. The van der Waals surface area contributed by atoms with Gasteiger partial charge in [-0.1, -0.05) is 37.6 Å². The van der Waals surface area contributed by atoms with Crippen LogP contribution in [0.1, 0.15) is 42.1 Å². The molecule has 1 heterocycles. The molecule has 2 aromatic rings. The van der Waals surface area contributed by atoms with Gasteiger partial charge in [0.25, 0.3) is 0 Å². The van der Waals surface area contributed by atoms with Crippen LogP contribution in [0.25, 0.3) is 0 Å². The topological polar surface area (TPSA) is 88.7 Å². The van der Waals surface area contributed by atoms with Gasteiger partial charge in [-0.15, -0.1) is 0 Å². The summed E-state index contributed by atoms with van der Waals surface area (Å²) in [5.74, 6) is 1.26. The van der Waals surface area contributed by atoms with Crippen molar-refractivity contribution in [1.82, 2.24) is 10.6 Å². The predicted octanol–water partition coefficient (Wildman–Crippen LogP) is 4.02. The molecule has 0 aromatic heterocycles. The van der Waals surface area contributed by atoms with Crippen molar-refractivity contribution in [1.29, 1.82) is 0 Å². The number of hydrogen-bond donors (Lipinski definition) is 3. The highest BCUT2D eigenvalue weighted by Crippen LogP contribution is 2.34. The van der Waals surface area contributed by atoms with Gasteiger partial charge < -0.3 is 25.4 Å². The van der Waals surface area contributed by atoms with Gasteiger partial charge in [-0.25, -0.2) is 4.79 Å². The minimum absolute atomic E-state index is 0.120. The van der Waals surface area contributed by atoms with Crippen molar-refractivity contribution in [2.75, 3.05) is 25.1 Å². The molecule has 7 heteroatoms. The van der Waals surface area contributed by atoms with Crippen molar-refractivity contribution in [2.45, 2.75) is 40.7 Å². The van der Waals surface area contributed by atoms with Crippen LogP contribution in [0.3, 0.4) is 0 Å². The molecule has 0 saturated heterocycles. The fourth-order valence-corrected chi connectivity index (χ4v) is 3.80. The fourth-order valence-electron chi connectivity index (χ4n) is 3.80. The number of carbonyl (C=O) groups excluding carboxylic acids is 2. The quantitative estimate of drug-likeness (QED) is 0.652. The predicted molar refractivity (Wildman–Crippen MR) is 121 cm³/mol. The standard InChI is InChI=1S/C24H31N3O4/c1-14(2)22(18-6-7-19-20(12-18)31-9-8-30-19)27-24(29)25-13-21(28)26-23-16(4)10-15(3)11-17(23)5/h6-7,10-12,14,22H,8-9,13H2,1-5H3,(H,26,28)(H2,25,27,29). The lowest BCUT2D eigenvalue weighted by atomic mass is 9.95. The first-order valence-corrected chi connectivity index (χ1v) is 10.6. The maximum atomic E-state index is 12.5. The zero-order valence-corrected chi connectivity index (χ0v) is 18.8. The van der Waals surface area contributed by atoms with E-state index >= 15 is 0 Å². The number of rotatable bonds is 6. The van der Waals surface area contributed by atoms with Gasteiger partial charge in [-0.05, 0) is 55.5 Å². The molecule has 3 N–H and O–H groups in total. The third-order valence-corrected chi connectivity index (χ3v) is 5.23. The minimum Gasteiger partial charge on any atom is -0.486 e. The molecule has 0 radical (unpaired) electrons. The molecule has 3 rings (SSSR count). The maximum Gasteiger partial charge on any atom is 0.315 e. The van der Waals surface area contributed by atoms with Crippen molar-refractivity contribution in [3.05, 3.63) is 52.6 Å². The molecule has 31 heavy (non-hydrogen) atoms. The van der Waals surface area contributed by atoms with E-state index in [1.807, 2.05) is 65.0 Å². The average molecular weight is 426 g/mol. The monoisotopic (exact) mass is 425 g/mol. The number of carbonyl (C=O) groups is 2. The van der Waals surface area contributed by atoms with Crippen LogP contribution in [0.15, 0.2) is 30.3 Å². The van der Waals surface area contributed by atoms with Gasteiger partial charge in [-0.2, -0.15) is 0 Å². The number of hydrogen-bond acceptors (Lipinski definition) is 4. The smallest absolute Gasteiger partial charge is 0.315 e. The third-order valence-electron chi connectivity index (χ3n) is 5.23. The second kappa shape index (κ2) is 9.73. The third kappa shape index (κ3) is 5.69. The largest absolute Gasteiger partial charge is 0.486 e. The molecule has 1 aliphatic heterocycles. The summed E-state index contributed by atoms with van der Waals surface area (Å²) in [4.78, 5) is 24.9. The van der Waals surface area contributed by atoms with Crippen molar-refractivity contribution < 1.29 is 19.1 Å². The Kier molecular flexibility index (Phi) is 7.05. The number of amides is 3. The highest BCUT2D eigenvalue weighted by molar-refractivity contribution is 5.95. The molecule has 0 bridgehead atoms. The Labute approximate surface area is 183 Å². The zero-order chi connectivity index (χ0) is 22.5. The van der Waals surface area contributed by atoms with Crippen LogP contribution < -0.4 is 25.4 Å². The van der Waals surface area contributed by atoms with E-state index in [1.54, 1.807) is 0 Å². The Morgan fingerprint density at radius 2 is 1.61 bits per heavy atom. The molecule has 166 valence electrons. The van der Waals surface area contributed by atoms with E-state index < -0.39 is 6.03 Å². The van der Waals surface area contributed by atoms with E-state index in [2.05, 4.69) is 16.0 Å². The van der Waals surface area contributed by atoms with Gasteiger partial charge in [0, 0.05) is 5.69 Å². The number of anilines is 1. The second-order valence-electron chi connectivity index (χ2n) is 8.27. The van der Waals surface area contributed by atoms with Gasteiger partial charge in [-0.3, -0.25) is 4.79 Å². The molecule has 0 aliphatic carbocycles. The van der Waals surface area contributed by atoms with E-state index in [-0.39, 0.29) is 24.4 Å². The van der Waals surface area contributed by atoms with E-state index in [0.717, 1.165) is 27.9 Å². The van der Waals surface area contributed by atoms with Gasteiger partial charge in [0.05, 0.1) is 12.6 Å². The number of ether oxygens (including phenoxy) is 2. The summed E-state index contributed by atoms with van der Waals surface area (Å²) >= 11 is 0. The van der Waals surface area contributed by atoms with Crippen LogP contribution in [0, 0.1) is 26.7 Å².